The number of nitrogens with zero attached hydrogens (tertiary/aromatic N) is 1. The number of rotatable bonds is 10. The Kier molecular flexibility index (Phi) is 8.09. The first-order chi connectivity index (χ1) is 17.7. The minimum atomic E-state index is 0.390. The van der Waals surface area contributed by atoms with E-state index < -0.39 is 0 Å². The maximum absolute atomic E-state index is 12.8. The number of ketones is 1. The van der Waals surface area contributed by atoms with Gasteiger partial charge in [0.2, 0.25) is 0 Å². The molecule has 1 aromatic heterocycles. The summed E-state index contributed by atoms with van der Waals surface area (Å²) in [6.07, 6.45) is 23.6. The second-order valence-corrected chi connectivity index (χ2v) is 14.7. The fraction of sp³-hybridized carbons (Fsp3) is 0.824. The number of aryl methyl sites for hydroxylation is 1. The summed E-state index contributed by atoms with van der Waals surface area (Å²) in [5.41, 5.74) is 3.76. The van der Waals surface area contributed by atoms with Crippen molar-refractivity contribution in [1.29, 1.82) is 0 Å². The molecule has 37 heavy (non-hydrogen) atoms. The molecule has 0 amide bonds. The Morgan fingerprint density at radius 2 is 1.92 bits per heavy atom. The first kappa shape index (κ1) is 27.2. The molecule has 3 saturated carbocycles. The smallest absolute Gasteiger partial charge is 0.133 e. The van der Waals surface area contributed by atoms with E-state index in [1.807, 2.05) is 6.20 Å². The van der Waals surface area contributed by atoms with Crippen molar-refractivity contribution in [1.82, 2.24) is 9.97 Å². The Labute approximate surface area is 227 Å². The van der Waals surface area contributed by atoms with Crippen molar-refractivity contribution in [3.8, 4) is 0 Å². The third-order valence-electron chi connectivity index (χ3n) is 12.2. The van der Waals surface area contributed by atoms with Crippen LogP contribution in [0.1, 0.15) is 124 Å². The molecule has 4 aliphatic rings. The number of imidazole rings is 1. The molecule has 8 unspecified atom stereocenters. The van der Waals surface area contributed by atoms with Gasteiger partial charge in [0, 0.05) is 24.7 Å². The average Bonchev–Trinajstić information content (AvgIpc) is 3.50. The molecule has 3 fully saturated rings. The first-order valence-electron chi connectivity index (χ1n) is 15.9. The van der Waals surface area contributed by atoms with Crippen LogP contribution in [0.4, 0.5) is 0 Å². The van der Waals surface area contributed by atoms with Crippen LogP contribution < -0.4 is 0 Å². The van der Waals surface area contributed by atoms with Crippen LogP contribution in [0.3, 0.4) is 0 Å². The Morgan fingerprint density at radius 1 is 1.08 bits per heavy atom. The third-order valence-corrected chi connectivity index (χ3v) is 12.2. The number of fused-ring (bicyclic) bond motifs is 5. The van der Waals surface area contributed by atoms with Crippen molar-refractivity contribution in [2.45, 2.75) is 125 Å². The highest BCUT2D eigenvalue weighted by molar-refractivity contribution is 5.78. The number of aromatic amines is 1. The van der Waals surface area contributed by atoms with Crippen molar-refractivity contribution >= 4 is 5.78 Å². The molecule has 0 radical (unpaired) electrons. The van der Waals surface area contributed by atoms with Gasteiger partial charge in [-0.05, 0) is 110 Å². The molecule has 0 aromatic carbocycles. The lowest BCUT2D eigenvalue weighted by molar-refractivity contribution is -0.120. The van der Waals surface area contributed by atoms with Crippen LogP contribution in [-0.4, -0.2) is 15.8 Å². The van der Waals surface area contributed by atoms with Crippen molar-refractivity contribution in [3.05, 3.63) is 29.9 Å². The molecule has 3 nitrogen and oxygen atoms in total. The zero-order valence-electron chi connectivity index (χ0n) is 24.5. The van der Waals surface area contributed by atoms with Crippen LogP contribution in [0.15, 0.2) is 24.2 Å². The lowest BCUT2D eigenvalue weighted by atomic mass is 9.46. The lowest BCUT2D eigenvalue weighted by Crippen LogP contribution is -2.50. The summed E-state index contributed by atoms with van der Waals surface area (Å²) in [5, 5.41) is 0. The summed E-state index contributed by atoms with van der Waals surface area (Å²) >= 11 is 0. The van der Waals surface area contributed by atoms with Gasteiger partial charge in [0.1, 0.15) is 5.78 Å². The second-order valence-electron chi connectivity index (χ2n) is 14.7. The molecule has 5 rings (SSSR count). The molecule has 0 bridgehead atoms. The standard InChI is InChI=1S/C34H54N2O/c1-23(2)7-6-8-24(3)30-13-14-31-29-12-9-26-19-25(20-28(37)11-10-27-21-35-22-36-27)15-17-33(26,4)32(29)16-18-34(30,31)5/h9,21-25,29-32H,6-8,10-20H2,1-5H3,(H,35,36). The number of allylic oxidation sites excluding steroid dienone is 2. The minimum absolute atomic E-state index is 0.390. The van der Waals surface area contributed by atoms with Crippen LogP contribution >= 0.6 is 0 Å². The summed E-state index contributed by atoms with van der Waals surface area (Å²) in [6, 6.07) is 0. The topological polar surface area (TPSA) is 45.8 Å². The Bertz CT molecular complexity index is 947. The second kappa shape index (κ2) is 11.0. The van der Waals surface area contributed by atoms with Crippen LogP contribution in [0.25, 0.3) is 0 Å². The largest absolute Gasteiger partial charge is 0.348 e. The summed E-state index contributed by atoms with van der Waals surface area (Å²) in [4.78, 5) is 20.0. The maximum Gasteiger partial charge on any atom is 0.133 e. The third kappa shape index (κ3) is 5.40. The fourth-order valence-electron chi connectivity index (χ4n) is 10.1. The average molecular weight is 507 g/mol. The van der Waals surface area contributed by atoms with E-state index in [1.54, 1.807) is 11.9 Å². The van der Waals surface area contributed by atoms with E-state index in [0.717, 1.165) is 54.0 Å². The van der Waals surface area contributed by atoms with Crippen LogP contribution in [0, 0.1) is 52.3 Å². The number of aromatic nitrogens is 2. The first-order valence-corrected chi connectivity index (χ1v) is 15.9. The van der Waals surface area contributed by atoms with Crippen molar-refractivity contribution < 1.29 is 4.79 Å². The van der Waals surface area contributed by atoms with Gasteiger partial charge in [0.05, 0.1) is 6.33 Å². The lowest BCUT2D eigenvalue weighted by Gasteiger charge is -2.58. The van der Waals surface area contributed by atoms with Gasteiger partial charge < -0.3 is 4.98 Å². The van der Waals surface area contributed by atoms with Crippen molar-refractivity contribution in [2.75, 3.05) is 0 Å². The zero-order chi connectivity index (χ0) is 26.2. The Morgan fingerprint density at radius 3 is 2.68 bits per heavy atom. The molecule has 1 aromatic rings. The van der Waals surface area contributed by atoms with Crippen LogP contribution in [0.5, 0.6) is 0 Å². The number of hydrogen-bond acceptors (Lipinski definition) is 2. The molecule has 0 saturated heterocycles. The van der Waals surface area contributed by atoms with E-state index in [9.17, 15) is 4.79 Å². The van der Waals surface area contributed by atoms with Gasteiger partial charge in [0.15, 0.2) is 0 Å². The fourth-order valence-corrected chi connectivity index (χ4v) is 10.1. The number of hydrogen-bond donors (Lipinski definition) is 1. The number of nitrogens with one attached hydrogen (secondary N) is 1. The molecule has 1 N–H and O–H groups in total. The van der Waals surface area contributed by atoms with Gasteiger partial charge in [-0.15, -0.1) is 0 Å². The highest BCUT2D eigenvalue weighted by atomic mass is 16.1. The Balaban J connectivity index is 1.20. The monoisotopic (exact) mass is 506 g/mol. The quantitative estimate of drug-likeness (QED) is 0.322. The van der Waals surface area contributed by atoms with Crippen LogP contribution in [-0.2, 0) is 11.2 Å². The molecular weight excluding hydrogens is 452 g/mol. The van der Waals surface area contributed by atoms with Gasteiger partial charge >= 0.3 is 0 Å². The Hall–Kier alpha value is -1.38. The highest BCUT2D eigenvalue weighted by Gasteiger charge is 2.59. The van der Waals surface area contributed by atoms with Crippen molar-refractivity contribution in [3.63, 3.8) is 0 Å². The highest BCUT2D eigenvalue weighted by Crippen LogP contribution is 2.67. The maximum atomic E-state index is 12.8. The molecule has 0 aliphatic heterocycles. The zero-order valence-corrected chi connectivity index (χ0v) is 24.5. The number of carbonyl (C=O) groups excluding carboxylic acids is 1. The molecular formula is C34H54N2O. The SMILES string of the molecule is CC(C)CCCC(C)C1CCC2C3CC=C4CC(CC(=O)CCc5cnc[nH]5)CCC4(C)C3CCC12C. The number of Topliss-reactive ketones (excluding diaryl/α,β-unsaturated/α-hetero) is 1. The van der Waals surface area contributed by atoms with E-state index in [0.29, 0.717) is 29.0 Å². The molecule has 8 atom stereocenters. The van der Waals surface area contributed by atoms with E-state index >= 15 is 0 Å². The van der Waals surface area contributed by atoms with Gasteiger partial charge in [-0.25, -0.2) is 4.98 Å². The van der Waals surface area contributed by atoms with Gasteiger partial charge in [-0.1, -0.05) is 65.5 Å². The van der Waals surface area contributed by atoms with E-state index in [2.05, 4.69) is 50.7 Å². The van der Waals surface area contributed by atoms with Gasteiger partial charge in [0.25, 0.3) is 0 Å². The van der Waals surface area contributed by atoms with E-state index in [1.165, 1.54) is 70.6 Å². The molecule has 3 heteroatoms. The van der Waals surface area contributed by atoms with Gasteiger partial charge in [-0.2, -0.15) is 0 Å². The van der Waals surface area contributed by atoms with Gasteiger partial charge in [-0.3, -0.25) is 4.79 Å². The summed E-state index contributed by atoms with van der Waals surface area (Å²) in [7, 11) is 0. The van der Waals surface area contributed by atoms with E-state index in [-0.39, 0.29) is 0 Å². The van der Waals surface area contributed by atoms with Crippen molar-refractivity contribution in [2.24, 2.45) is 52.3 Å². The molecule has 4 aliphatic carbocycles. The predicted octanol–water partition coefficient (Wildman–Crippen LogP) is 8.96. The normalized spacial score (nSPS) is 38.0. The van der Waals surface area contributed by atoms with E-state index in [4.69, 9.17) is 0 Å². The summed E-state index contributed by atoms with van der Waals surface area (Å²) in [5.74, 6) is 6.36. The summed E-state index contributed by atoms with van der Waals surface area (Å²) in [6.45, 7) is 12.7. The van der Waals surface area contributed by atoms with Crippen LogP contribution in [0.2, 0.25) is 0 Å². The summed E-state index contributed by atoms with van der Waals surface area (Å²) < 4.78 is 0. The number of carbonyl (C=O) groups is 1. The molecule has 1 heterocycles. The number of H-pyrrole nitrogens is 1. The predicted molar refractivity (Wildman–Crippen MR) is 153 cm³/mol. The molecule has 0 spiro atoms. The molecule has 206 valence electrons. The minimum Gasteiger partial charge on any atom is -0.348 e.